The maximum absolute atomic E-state index is 8.45. The Morgan fingerprint density at radius 1 is 1.70 bits per heavy atom. The van der Waals surface area contributed by atoms with Gasteiger partial charge in [-0.3, -0.25) is 4.99 Å². The van der Waals surface area contributed by atoms with Crippen LogP contribution in [0.25, 0.3) is 0 Å². The summed E-state index contributed by atoms with van der Waals surface area (Å²) in [5.41, 5.74) is 0. The van der Waals surface area contributed by atoms with Gasteiger partial charge < -0.3 is 9.84 Å². The molecule has 0 amide bonds. The van der Waals surface area contributed by atoms with Crippen LogP contribution in [0.3, 0.4) is 0 Å². The molecule has 0 aliphatic carbocycles. The van der Waals surface area contributed by atoms with Crippen LogP contribution in [0.15, 0.2) is 0 Å². The first-order valence-electron chi connectivity index (χ1n) is 3.71. The SMILES string of the molecule is OCCOC1CC=[NH+]CC1. The predicted octanol–water partition coefficient (Wildman–Crippen LogP) is -1.69. The highest BCUT2D eigenvalue weighted by molar-refractivity contribution is 5.51. The normalized spacial score (nSPS) is 25.1. The summed E-state index contributed by atoms with van der Waals surface area (Å²) in [5.74, 6) is 0. The molecule has 0 aromatic heterocycles. The van der Waals surface area contributed by atoms with Crippen molar-refractivity contribution >= 4 is 6.21 Å². The van der Waals surface area contributed by atoms with Gasteiger partial charge in [0.2, 0.25) is 0 Å². The molecule has 10 heavy (non-hydrogen) atoms. The van der Waals surface area contributed by atoms with Crippen LogP contribution in [-0.4, -0.2) is 37.2 Å². The zero-order valence-electron chi connectivity index (χ0n) is 6.05. The van der Waals surface area contributed by atoms with E-state index in [4.69, 9.17) is 9.84 Å². The minimum absolute atomic E-state index is 0.129. The minimum Gasteiger partial charge on any atom is -0.394 e. The predicted molar refractivity (Wildman–Crippen MR) is 38.0 cm³/mol. The molecule has 0 spiro atoms. The second-order valence-electron chi connectivity index (χ2n) is 2.40. The molecule has 1 rings (SSSR count). The molecule has 1 aliphatic rings. The molecule has 58 valence electrons. The third-order valence-electron chi connectivity index (χ3n) is 1.58. The quantitative estimate of drug-likeness (QED) is 0.496. The zero-order chi connectivity index (χ0) is 7.23. The highest BCUT2D eigenvalue weighted by atomic mass is 16.5. The molecule has 3 nitrogen and oxygen atoms in total. The maximum Gasteiger partial charge on any atom is 0.143 e. The van der Waals surface area contributed by atoms with E-state index in [1.807, 2.05) is 6.21 Å². The van der Waals surface area contributed by atoms with Gasteiger partial charge in [-0.2, -0.15) is 0 Å². The number of aliphatic hydroxyl groups is 1. The smallest absolute Gasteiger partial charge is 0.143 e. The number of hydrogen-bond acceptors (Lipinski definition) is 2. The lowest BCUT2D eigenvalue weighted by atomic mass is 10.1. The number of hydrogen-bond donors (Lipinski definition) is 2. The van der Waals surface area contributed by atoms with Crippen LogP contribution in [0.4, 0.5) is 0 Å². The van der Waals surface area contributed by atoms with Crippen molar-refractivity contribution in [2.75, 3.05) is 19.8 Å². The van der Waals surface area contributed by atoms with Crippen LogP contribution >= 0.6 is 0 Å². The molecule has 1 aliphatic heterocycles. The molecular weight excluding hydrogens is 130 g/mol. The second-order valence-corrected chi connectivity index (χ2v) is 2.40. The summed E-state index contributed by atoms with van der Waals surface area (Å²) >= 11 is 0. The summed E-state index contributed by atoms with van der Waals surface area (Å²) in [4.78, 5) is 3.12. The monoisotopic (exact) mass is 144 g/mol. The van der Waals surface area contributed by atoms with Crippen molar-refractivity contribution in [2.24, 2.45) is 0 Å². The van der Waals surface area contributed by atoms with Gasteiger partial charge >= 0.3 is 0 Å². The molecule has 1 unspecified atom stereocenters. The summed E-state index contributed by atoms with van der Waals surface area (Å²) in [6, 6.07) is 0. The lowest BCUT2D eigenvalue weighted by Gasteiger charge is -2.13. The Labute approximate surface area is 60.7 Å². The van der Waals surface area contributed by atoms with Crippen molar-refractivity contribution in [3.63, 3.8) is 0 Å². The fraction of sp³-hybridized carbons (Fsp3) is 0.857. The highest BCUT2D eigenvalue weighted by Crippen LogP contribution is 2.00. The van der Waals surface area contributed by atoms with Crippen LogP contribution in [-0.2, 0) is 4.74 Å². The van der Waals surface area contributed by atoms with E-state index in [0.29, 0.717) is 12.7 Å². The Morgan fingerprint density at radius 3 is 3.20 bits per heavy atom. The summed E-state index contributed by atoms with van der Waals surface area (Å²) in [5, 5.41) is 8.45. The van der Waals surface area contributed by atoms with Crippen molar-refractivity contribution in [1.29, 1.82) is 0 Å². The van der Waals surface area contributed by atoms with Crippen LogP contribution < -0.4 is 4.99 Å². The number of aliphatic hydroxyl groups excluding tert-OH is 1. The summed E-state index contributed by atoms with van der Waals surface area (Å²) < 4.78 is 5.31. The van der Waals surface area contributed by atoms with Gasteiger partial charge in [0.1, 0.15) is 12.8 Å². The van der Waals surface area contributed by atoms with Crippen molar-refractivity contribution in [2.45, 2.75) is 18.9 Å². The van der Waals surface area contributed by atoms with E-state index in [1.165, 1.54) is 0 Å². The Hall–Kier alpha value is -0.410. The first-order chi connectivity index (χ1) is 4.93. The standard InChI is InChI=1S/C7H13NO2/c9-5-6-10-7-1-3-8-4-2-7/h3,7,9H,1-2,4-6H2/p+1. The fourth-order valence-corrected chi connectivity index (χ4v) is 1.05. The third-order valence-corrected chi connectivity index (χ3v) is 1.58. The van der Waals surface area contributed by atoms with Crippen LogP contribution in [0.1, 0.15) is 12.8 Å². The summed E-state index contributed by atoms with van der Waals surface area (Å²) in [6.07, 6.45) is 4.36. The van der Waals surface area contributed by atoms with Crippen molar-refractivity contribution < 1.29 is 14.8 Å². The number of ether oxygens (including phenoxy) is 1. The van der Waals surface area contributed by atoms with Crippen LogP contribution in [0.2, 0.25) is 0 Å². The van der Waals surface area contributed by atoms with E-state index in [0.717, 1.165) is 19.4 Å². The minimum atomic E-state index is 0.129. The third kappa shape index (κ3) is 2.45. The second kappa shape index (κ2) is 4.41. The summed E-state index contributed by atoms with van der Waals surface area (Å²) in [7, 11) is 0. The number of rotatable bonds is 3. The van der Waals surface area contributed by atoms with Gasteiger partial charge in [-0.25, -0.2) is 0 Å². The zero-order valence-corrected chi connectivity index (χ0v) is 6.05. The van der Waals surface area contributed by atoms with Gasteiger partial charge in [-0.05, 0) is 0 Å². The van der Waals surface area contributed by atoms with E-state index in [1.54, 1.807) is 0 Å². The van der Waals surface area contributed by atoms with Gasteiger partial charge in [-0.1, -0.05) is 0 Å². The molecule has 3 heteroatoms. The van der Waals surface area contributed by atoms with Crippen molar-refractivity contribution in [1.82, 2.24) is 0 Å². The topological polar surface area (TPSA) is 43.4 Å². The van der Waals surface area contributed by atoms with Crippen LogP contribution in [0, 0.1) is 0 Å². The van der Waals surface area contributed by atoms with E-state index in [-0.39, 0.29) is 6.61 Å². The number of nitrogens with one attached hydrogen (secondary N) is 1. The van der Waals surface area contributed by atoms with E-state index < -0.39 is 0 Å². The first-order valence-corrected chi connectivity index (χ1v) is 3.71. The average Bonchev–Trinajstić information content (AvgIpc) is 2.03. The Balaban J connectivity index is 2.10. The highest BCUT2D eigenvalue weighted by Gasteiger charge is 2.12. The Morgan fingerprint density at radius 2 is 2.60 bits per heavy atom. The Kier molecular flexibility index (Phi) is 3.40. The fourth-order valence-electron chi connectivity index (χ4n) is 1.05. The first kappa shape index (κ1) is 7.69. The molecule has 0 aromatic rings. The van der Waals surface area contributed by atoms with Gasteiger partial charge in [0.05, 0.1) is 25.7 Å². The van der Waals surface area contributed by atoms with Gasteiger partial charge in [0, 0.05) is 6.42 Å². The summed E-state index contributed by atoms with van der Waals surface area (Å²) in [6.45, 7) is 1.60. The molecule has 0 saturated heterocycles. The van der Waals surface area contributed by atoms with Gasteiger partial charge in [0.15, 0.2) is 0 Å². The molecule has 0 radical (unpaired) electrons. The van der Waals surface area contributed by atoms with E-state index in [2.05, 4.69) is 4.99 Å². The van der Waals surface area contributed by atoms with E-state index >= 15 is 0 Å². The van der Waals surface area contributed by atoms with Crippen molar-refractivity contribution in [3.8, 4) is 0 Å². The molecule has 2 N–H and O–H groups in total. The largest absolute Gasteiger partial charge is 0.394 e. The molecule has 0 bridgehead atoms. The molecule has 0 aromatic carbocycles. The Bertz CT molecular complexity index is 114. The lowest BCUT2D eigenvalue weighted by Crippen LogP contribution is -2.71. The molecular formula is C7H14NO2+. The molecule has 0 saturated carbocycles. The maximum atomic E-state index is 8.45. The molecule has 1 atom stereocenters. The van der Waals surface area contributed by atoms with Gasteiger partial charge in [0.25, 0.3) is 0 Å². The molecule has 1 heterocycles. The average molecular weight is 144 g/mol. The molecule has 0 fully saturated rings. The van der Waals surface area contributed by atoms with Crippen molar-refractivity contribution in [3.05, 3.63) is 0 Å². The lowest BCUT2D eigenvalue weighted by molar-refractivity contribution is -0.461. The van der Waals surface area contributed by atoms with Crippen LogP contribution in [0.5, 0.6) is 0 Å². The van der Waals surface area contributed by atoms with E-state index in [9.17, 15) is 0 Å². The van der Waals surface area contributed by atoms with Gasteiger partial charge in [-0.15, -0.1) is 0 Å².